The highest BCUT2D eigenvalue weighted by molar-refractivity contribution is 7.99. The summed E-state index contributed by atoms with van der Waals surface area (Å²) in [6, 6.07) is 1.60. The number of rotatable bonds is 2. The molecule has 1 aliphatic carbocycles. The summed E-state index contributed by atoms with van der Waals surface area (Å²) in [5.41, 5.74) is 5.78. The summed E-state index contributed by atoms with van der Waals surface area (Å²) in [4.78, 5) is 2.72. The molecule has 0 aromatic carbocycles. The van der Waals surface area contributed by atoms with Gasteiger partial charge in [-0.05, 0) is 44.4 Å². The molecule has 0 bridgehead atoms. The summed E-state index contributed by atoms with van der Waals surface area (Å²) in [5, 5.41) is 0. The average Bonchev–Trinajstić information content (AvgIpc) is 2.31. The van der Waals surface area contributed by atoms with Crippen LogP contribution in [-0.2, 0) is 0 Å². The number of hydrogen-bond acceptors (Lipinski definition) is 3. The zero-order valence-electron chi connectivity index (χ0n) is 9.11. The Hall–Kier alpha value is 0.270. The number of hydrogen-bond donors (Lipinski definition) is 1. The molecule has 1 saturated heterocycles. The van der Waals surface area contributed by atoms with Gasteiger partial charge in [0, 0.05) is 24.4 Å². The maximum atomic E-state index is 5.78. The summed E-state index contributed by atoms with van der Waals surface area (Å²) in [5.74, 6) is 3.45. The number of thioether (sulfide) groups is 1. The van der Waals surface area contributed by atoms with Crippen LogP contribution in [0, 0.1) is 5.92 Å². The largest absolute Gasteiger partial charge is 0.330 e. The summed E-state index contributed by atoms with van der Waals surface area (Å²) in [6.07, 6.45) is 4.10. The van der Waals surface area contributed by atoms with Gasteiger partial charge >= 0.3 is 0 Å². The molecule has 3 unspecified atom stereocenters. The molecule has 1 aliphatic heterocycles. The minimum Gasteiger partial charge on any atom is -0.330 e. The van der Waals surface area contributed by atoms with Gasteiger partial charge < -0.3 is 5.73 Å². The normalized spacial score (nSPS) is 40.3. The van der Waals surface area contributed by atoms with Crippen molar-refractivity contribution in [1.29, 1.82) is 0 Å². The second-order valence-electron chi connectivity index (χ2n) is 4.63. The molecule has 3 heteroatoms. The molecule has 2 fully saturated rings. The highest BCUT2D eigenvalue weighted by atomic mass is 32.2. The Kier molecular flexibility index (Phi) is 3.74. The van der Waals surface area contributed by atoms with Crippen molar-refractivity contribution in [1.82, 2.24) is 4.90 Å². The molecule has 1 heterocycles. The van der Waals surface area contributed by atoms with Gasteiger partial charge in [0.15, 0.2) is 0 Å². The van der Waals surface area contributed by atoms with Gasteiger partial charge in [0.25, 0.3) is 0 Å². The lowest BCUT2D eigenvalue weighted by atomic mass is 9.78. The zero-order chi connectivity index (χ0) is 9.97. The Morgan fingerprint density at radius 3 is 2.79 bits per heavy atom. The van der Waals surface area contributed by atoms with Crippen LogP contribution in [0.15, 0.2) is 0 Å². The summed E-state index contributed by atoms with van der Waals surface area (Å²) in [7, 11) is 0. The molecule has 0 radical (unpaired) electrons. The van der Waals surface area contributed by atoms with Gasteiger partial charge in [-0.1, -0.05) is 0 Å². The molecule has 0 aromatic heterocycles. The highest BCUT2D eigenvalue weighted by Crippen LogP contribution is 2.34. The van der Waals surface area contributed by atoms with Crippen LogP contribution in [0.2, 0.25) is 0 Å². The van der Waals surface area contributed by atoms with Gasteiger partial charge in [0.1, 0.15) is 0 Å². The molecular formula is C11H22N2S. The molecule has 82 valence electrons. The molecule has 1 saturated carbocycles. The van der Waals surface area contributed by atoms with E-state index in [0.717, 1.165) is 24.5 Å². The van der Waals surface area contributed by atoms with E-state index in [2.05, 4.69) is 23.6 Å². The van der Waals surface area contributed by atoms with E-state index in [-0.39, 0.29) is 0 Å². The van der Waals surface area contributed by atoms with E-state index < -0.39 is 0 Å². The summed E-state index contributed by atoms with van der Waals surface area (Å²) < 4.78 is 0. The SMILES string of the molecule is CC1CCSCCN1C1CCC1CN. The van der Waals surface area contributed by atoms with E-state index >= 15 is 0 Å². The third kappa shape index (κ3) is 2.10. The van der Waals surface area contributed by atoms with E-state index in [1.54, 1.807) is 0 Å². The van der Waals surface area contributed by atoms with E-state index in [1.165, 1.54) is 37.3 Å². The number of nitrogens with zero attached hydrogens (tertiary/aromatic N) is 1. The maximum Gasteiger partial charge on any atom is 0.0139 e. The van der Waals surface area contributed by atoms with Gasteiger partial charge in [-0.3, -0.25) is 4.90 Å². The van der Waals surface area contributed by atoms with Crippen LogP contribution in [0.3, 0.4) is 0 Å². The van der Waals surface area contributed by atoms with E-state index in [4.69, 9.17) is 5.73 Å². The van der Waals surface area contributed by atoms with Crippen molar-refractivity contribution in [2.45, 2.75) is 38.3 Å². The predicted octanol–water partition coefficient (Wildman–Crippen LogP) is 1.55. The van der Waals surface area contributed by atoms with Gasteiger partial charge in [-0.15, -0.1) is 0 Å². The minimum atomic E-state index is 0.782. The van der Waals surface area contributed by atoms with Crippen molar-refractivity contribution in [2.75, 3.05) is 24.6 Å². The van der Waals surface area contributed by atoms with Crippen LogP contribution in [-0.4, -0.2) is 41.6 Å². The van der Waals surface area contributed by atoms with Crippen LogP contribution in [0.1, 0.15) is 26.2 Å². The Morgan fingerprint density at radius 2 is 2.14 bits per heavy atom. The van der Waals surface area contributed by atoms with E-state index in [0.29, 0.717) is 0 Å². The summed E-state index contributed by atoms with van der Waals surface area (Å²) in [6.45, 7) is 4.56. The van der Waals surface area contributed by atoms with Crippen LogP contribution in [0.4, 0.5) is 0 Å². The Morgan fingerprint density at radius 1 is 1.29 bits per heavy atom. The second-order valence-corrected chi connectivity index (χ2v) is 5.85. The first-order chi connectivity index (χ1) is 6.83. The fourth-order valence-electron chi connectivity index (χ4n) is 2.67. The summed E-state index contributed by atoms with van der Waals surface area (Å²) >= 11 is 2.11. The van der Waals surface area contributed by atoms with Gasteiger partial charge in [-0.25, -0.2) is 0 Å². The second kappa shape index (κ2) is 4.86. The van der Waals surface area contributed by atoms with Gasteiger partial charge in [0.2, 0.25) is 0 Å². The molecule has 0 aromatic rings. The fourth-order valence-corrected chi connectivity index (χ4v) is 3.72. The lowest BCUT2D eigenvalue weighted by Gasteiger charge is -2.46. The lowest BCUT2D eigenvalue weighted by molar-refractivity contribution is 0.0423. The van der Waals surface area contributed by atoms with Crippen molar-refractivity contribution in [3.05, 3.63) is 0 Å². The Labute approximate surface area is 91.6 Å². The minimum absolute atomic E-state index is 0.782. The molecule has 0 spiro atoms. The third-order valence-corrected chi connectivity index (χ3v) is 4.84. The van der Waals surface area contributed by atoms with Crippen molar-refractivity contribution in [3.8, 4) is 0 Å². The van der Waals surface area contributed by atoms with Crippen molar-refractivity contribution in [3.63, 3.8) is 0 Å². The van der Waals surface area contributed by atoms with Crippen molar-refractivity contribution in [2.24, 2.45) is 11.7 Å². The molecular weight excluding hydrogens is 192 g/mol. The van der Waals surface area contributed by atoms with Gasteiger partial charge in [-0.2, -0.15) is 11.8 Å². The average molecular weight is 214 g/mol. The standard InChI is InChI=1S/C11H22N2S/c1-9-4-6-14-7-5-13(9)11-3-2-10(11)8-12/h9-11H,2-8,12H2,1H3. The topological polar surface area (TPSA) is 29.3 Å². The van der Waals surface area contributed by atoms with Crippen molar-refractivity contribution >= 4 is 11.8 Å². The smallest absolute Gasteiger partial charge is 0.0139 e. The predicted molar refractivity (Wildman–Crippen MR) is 63.7 cm³/mol. The van der Waals surface area contributed by atoms with E-state index in [1.807, 2.05) is 0 Å². The van der Waals surface area contributed by atoms with E-state index in [9.17, 15) is 0 Å². The zero-order valence-corrected chi connectivity index (χ0v) is 9.93. The Bertz CT molecular complexity index is 184. The van der Waals surface area contributed by atoms with Crippen LogP contribution < -0.4 is 5.73 Å². The fraction of sp³-hybridized carbons (Fsp3) is 1.00. The van der Waals surface area contributed by atoms with Crippen LogP contribution >= 0.6 is 11.8 Å². The first-order valence-electron chi connectivity index (χ1n) is 5.86. The lowest BCUT2D eigenvalue weighted by Crippen LogP contribution is -2.53. The third-order valence-electron chi connectivity index (χ3n) is 3.85. The number of nitrogens with two attached hydrogens (primary N) is 1. The molecule has 2 rings (SSSR count). The molecule has 2 aliphatic rings. The van der Waals surface area contributed by atoms with Crippen molar-refractivity contribution < 1.29 is 0 Å². The van der Waals surface area contributed by atoms with Crippen LogP contribution in [0.25, 0.3) is 0 Å². The first-order valence-corrected chi connectivity index (χ1v) is 7.02. The molecule has 3 atom stereocenters. The molecule has 0 amide bonds. The highest BCUT2D eigenvalue weighted by Gasteiger charge is 2.36. The van der Waals surface area contributed by atoms with Gasteiger partial charge in [0.05, 0.1) is 0 Å². The first kappa shape index (κ1) is 10.8. The molecule has 2 nitrogen and oxygen atoms in total. The molecule has 2 N–H and O–H groups in total. The quantitative estimate of drug-likeness (QED) is 0.756. The van der Waals surface area contributed by atoms with Crippen LogP contribution in [0.5, 0.6) is 0 Å². The Balaban J connectivity index is 1.93. The molecule has 14 heavy (non-hydrogen) atoms. The maximum absolute atomic E-state index is 5.78. The monoisotopic (exact) mass is 214 g/mol.